The summed E-state index contributed by atoms with van der Waals surface area (Å²) in [6, 6.07) is 17.9. The summed E-state index contributed by atoms with van der Waals surface area (Å²) in [4.78, 5) is 8.86. The number of hydrogen-bond donors (Lipinski definition) is 1. The van der Waals surface area contributed by atoms with Gasteiger partial charge in [-0.3, -0.25) is 4.90 Å². The van der Waals surface area contributed by atoms with Crippen LogP contribution in [0, 0.1) is 0 Å². The van der Waals surface area contributed by atoms with Crippen molar-refractivity contribution in [3.05, 3.63) is 66.1 Å². The highest BCUT2D eigenvalue weighted by molar-refractivity contribution is 5.56. The summed E-state index contributed by atoms with van der Waals surface area (Å²) in [5, 5.41) is 15.4. The second kappa shape index (κ2) is 9.60. The summed E-state index contributed by atoms with van der Waals surface area (Å²) >= 11 is 0. The molecule has 1 aromatic heterocycles. The molecule has 1 atom stereocenters. The van der Waals surface area contributed by atoms with Gasteiger partial charge < -0.3 is 19.3 Å². The molecule has 2 aromatic carbocycles. The van der Waals surface area contributed by atoms with Crippen molar-refractivity contribution in [3.8, 4) is 17.1 Å². The Morgan fingerprint density at radius 2 is 2.00 bits per heavy atom. The van der Waals surface area contributed by atoms with Crippen molar-refractivity contribution in [1.82, 2.24) is 19.9 Å². The normalized spacial score (nSPS) is 19.6. The van der Waals surface area contributed by atoms with Crippen molar-refractivity contribution in [2.75, 3.05) is 40.3 Å². The SMILES string of the molecule is CN(C)CCOc1cccc(-c2noc(C3(O)CCCN(Cc4ccccc4)C3)n2)c1. The van der Waals surface area contributed by atoms with Crippen LogP contribution in [-0.4, -0.2) is 65.4 Å². The summed E-state index contributed by atoms with van der Waals surface area (Å²) in [6.45, 7) is 3.63. The van der Waals surface area contributed by atoms with E-state index in [4.69, 9.17) is 9.26 Å². The monoisotopic (exact) mass is 422 g/mol. The Bertz CT molecular complexity index is 976. The molecule has 0 bridgehead atoms. The molecule has 1 N–H and O–H groups in total. The van der Waals surface area contributed by atoms with Gasteiger partial charge in [0.05, 0.1) is 0 Å². The molecule has 1 aliphatic heterocycles. The number of piperidine rings is 1. The Kier molecular flexibility index (Phi) is 6.65. The largest absolute Gasteiger partial charge is 0.492 e. The summed E-state index contributed by atoms with van der Waals surface area (Å²) in [5.74, 6) is 1.50. The van der Waals surface area contributed by atoms with Crippen LogP contribution >= 0.6 is 0 Å². The fourth-order valence-electron chi connectivity index (χ4n) is 3.88. The molecule has 164 valence electrons. The van der Waals surface area contributed by atoms with E-state index < -0.39 is 5.60 Å². The van der Waals surface area contributed by atoms with Crippen molar-refractivity contribution in [2.24, 2.45) is 0 Å². The molecule has 0 radical (unpaired) electrons. The minimum atomic E-state index is -1.14. The number of aromatic nitrogens is 2. The fraction of sp³-hybridized carbons (Fsp3) is 0.417. The van der Waals surface area contributed by atoms with Crippen LogP contribution in [0.5, 0.6) is 5.75 Å². The molecule has 31 heavy (non-hydrogen) atoms. The lowest BCUT2D eigenvalue weighted by atomic mass is 9.92. The average molecular weight is 423 g/mol. The Balaban J connectivity index is 1.45. The van der Waals surface area contributed by atoms with Gasteiger partial charge in [-0.15, -0.1) is 0 Å². The van der Waals surface area contributed by atoms with E-state index in [0.717, 1.165) is 37.4 Å². The smallest absolute Gasteiger partial charge is 0.260 e. The van der Waals surface area contributed by atoms with E-state index in [1.54, 1.807) is 0 Å². The van der Waals surface area contributed by atoms with Gasteiger partial charge in [0.1, 0.15) is 12.4 Å². The lowest BCUT2D eigenvalue weighted by molar-refractivity contribution is -0.0602. The van der Waals surface area contributed by atoms with Gasteiger partial charge in [-0.2, -0.15) is 4.98 Å². The quantitative estimate of drug-likeness (QED) is 0.598. The third-order valence-corrected chi connectivity index (χ3v) is 5.52. The van der Waals surface area contributed by atoms with Crippen LogP contribution in [0.3, 0.4) is 0 Å². The number of β-amino-alcohol motifs (C(OH)–C–C–N with tert-alkyl or cyclic N) is 1. The zero-order valence-electron chi connectivity index (χ0n) is 18.2. The lowest BCUT2D eigenvalue weighted by Crippen LogP contribution is -2.45. The maximum Gasteiger partial charge on any atom is 0.260 e. The molecule has 1 fully saturated rings. The molecule has 0 spiro atoms. The maximum absolute atomic E-state index is 11.3. The first kappa shape index (κ1) is 21.5. The van der Waals surface area contributed by atoms with E-state index in [-0.39, 0.29) is 5.89 Å². The van der Waals surface area contributed by atoms with Crippen molar-refractivity contribution >= 4 is 0 Å². The van der Waals surface area contributed by atoms with Gasteiger partial charge in [-0.25, -0.2) is 0 Å². The first-order chi connectivity index (χ1) is 15.0. The average Bonchev–Trinajstić information content (AvgIpc) is 3.26. The second-order valence-corrected chi connectivity index (χ2v) is 8.43. The molecule has 2 heterocycles. The highest BCUT2D eigenvalue weighted by Gasteiger charge is 2.40. The molecule has 7 nitrogen and oxygen atoms in total. The molecule has 0 amide bonds. The molecule has 4 rings (SSSR count). The predicted molar refractivity (Wildman–Crippen MR) is 119 cm³/mol. The minimum absolute atomic E-state index is 0.277. The predicted octanol–water partition coefficient (Wildman–Crippen LogP) is 3.16. The van der Waals surface area contributed by atoms with Crippen molar-refractivity contribution in [2.45, 2.75) is 25.0 Å². The van der Waals surface area contributed by atoms with Crippen molar-refractivity contribution < 1.29 is 14.4 Å². The molecule has 1 aliphatic rings. The third-order valence-electron chi connectivity index (χ3n) is 5.52. The van der Waals surface area contributed by atoms with Crippen LogP contribution in [-0.2, 0) is 12.1 Å². The van der Waals surface area contributed by atoms with Crippen LogP contribution in [0.1, 0.15) is 24.3 Å². The topological polar surface area (TPSA) is 74.9 Å². The van der Waals surface area contributed by atoms with Crippen molar-refractivity contribution in [1.29, 1.82) is 0 Å². The Labute approximate surface area is 183 Å². The molecule has 0 saturated carbocycles. The lowest BCUT2D eigenvalue weighted by Gasteiger charge is -2.36. The number of rotatable bonds is 8. The number of ether oxygens (including phenoxy) is 1. The van der Waals surface area contributed by atoms with E-state index in [2.05, 4.69) is 32.1 Å². The van der Waals surface area contributed by atoms with Crippen LogP contribution in [0.2, 0.25) is 0 Å². The Morgan fingerprint density at radius 1 is 1.16 bits per heavy atom. The summed E-state index contributed by atoms with van der Waals surface area (Å²) < 4.78 is 11.3. The summed E-state index contributed by atoms with van der Waals surface area (Å²) in [7, 11) is 4.02. The van der Waals surface area contributed by atoms with Gasteiger partial charge in [0.15, 0.2) is 5.60 Å². The number of nitrogens with zero attached hydrogens (tertiary/aromatic N) is 4. The van der Waals surface area contributed by atoms with Crippen LogP contribution in [0.15, 0.2) is 59.1 Å². The molecule has 0 aliphatic carbocycles. The van der Waals surface area contributed by atoms with Gasteiger partial charge >= 0.3 is 0 Å². The molecule has 7 heteroatoms. The van der Waals surface area contributed by atoms with Gasteiger partial charge in [-0.05, 0) is 51.2 Å². The molecular weight excluding hydrogens is 392 g/mol. The Morgan fingerprint density at radius 3 is 2.81 bits per heavy atom. The molecule has 1 saturated heterocycles. The van der Waals surface area contributed by atoms with E-state index in [9.17, 15) is 5.11 Å². The van der Waals surface area contributed by atoms with Gasteiger partial charge in [0, 0.05) is 25.2 Å². The number of benzene rings is 2. The van der Waals surface area contributed by atoms with E-state index >= 15 is 0 Å². The highest BCUT2D eigenvalue weighted by atomic mass is 16.5. The van der Waals surface area contributed by atoms with Gasteiger partial charge in [0.25, 0.3) is 5.89 Å². The molecule has 3 aromatic rings. The van der Waals surface area contributed by atoms with Gasteiger partial charge in [0.2, 0.25) is 5.82 Å². The summed E-state index contributed by atoms with van der Waals surface area (Å²) in [6.07, 6.45) is 1.48. The second-order valence-electron chi connectivity index (χ2n) is 8.43. The van der Waals surface area contributed by atoms with Crippen LogP contribution in [0.4, 0.5) is 0 Å². The maximum atomic E-state index is 11.3. The molecular formula is C24H30N4O3. The number of aliphatic hydroxyl groups is 1. The Hall–Kier alpha value is -2.74. The van der Waals surface area contributed by atoms with Crippen molar-refractivity contribution in [3.63, 3.8) is 0 Å². The standard InChI is InChI=1S/C24H30N4O3/c1-27(2)14-15-30-21-11-6-10-20(16-21)22-25-23(31-26-22)24(29)12-7-13-28(18-24)17-19-8-4-3-5-9-19/h3-6,8-11,16,29H,7,12-15,17-18H2,1-2H3. The van der Waals surface area contributed by atoms with E-state index in [1.165, 1.54) is 5.56 Å². The number of likely N-dealkylation sites (tertiary alicyclic amines) is 1. The van der Waals surface area contributed by atoms with Crippen LogP contribution < -0.4 is 4.74 Å². The summed E-state index contributed by atoms with van der Waals surface area (Å²) in [5.41, 5.74) is 0.889. The number of hydrogen-bond acceptors (Lipinski definition) is 7. The number of likely N-dealkylation sites (N-methyl/N-ethyl adjacent to an activating group) is 1. The molecule has 1 unspecified atom stereocenters. The fourth-order valence-corrected chi connectivity index (χ4v) is 3.88. The first-order valence-corrected chi connectivity index (χ1v) is 10.7. The van der Waals surface area contributed by atoms with E-state index in [0.29, 0.717) is 25.4 Å². The van der Waals surface area contributed by atoms with Crippen LogP contribution in [0.25, 0.3) is 11.4 Å². The highest BCUT2D eigenvalue weighted by Crippen LogP contribution is 2.32. The zero-order chi connectivity index (χ0) is 21.7. The van der Waals surface area contributed by atoms with Gasteiger partial charge in [-0.1, -0.05) is 47.6 Å². The van der Waals surface area contributed by atoms with E-state index in [1.807, 2.05) is 56.6 Å². The minimum Gasteiger partial charge on any atom is -0.492 e. The first-order valence-electron chi connectivity index (χ1n) is 10.7. The third kappa shape index (κ3) is 5.50. The zero-order valence-corrected chi connectivity index (χ0v) is 18.2.